The van der Waals surface area contributed by atoms with Gasteiger partial charge in [-0.05, 0) is 45.2 Å². The van der Waals surface area contributed by atoms with Crippen molar-refractivity contribution in [1.29, 1.82) is 0 Å². The third-order valence-electron chi connectivity index (χ3n) is 5.82. The van der Waals surface area contributed by atoms with E-state index in [2.05, 4.69) is 16.0 Å². The highest BCUT2D eigenvalue weighted by Crippen LogP contribution is 2.19. The van der Waals surface area contributed by atoms with Crippen LogP contribution < -0.4 is 16.0 Å². The Morgan fingerprint density at radius 1 is 0.970 bits per heavy atom. The highest BCUT2D eigenvalue weighted by Gasteiger charge is 2.23. The predicted molar refractivity (Wildman–Crippen MR) is 126 cm³/mol. The number of esters is 1. The molecule has 1 fully saturated rings. The molecule has 184 valence electrons. The lowest BCUT2D eigenvalue weighted by molar-refractivity contribution is -0.149. The fraction of sp³-hybridized carbons (Fsp3) is 0.640. The fourth-order valence-electron chi connectivity index (χ4n) is 3.79. The lowest BCUT2D eigenvalue weighted by atomic mass is 10.1. The minimum absolute atomic E-state index is 0.0723. The van der Waals surface area contributed by atoms with E-state index >= 15 is 0 Å². The monoisotopic (exact) mass is 461 g/mol. The maximum Gasteiger partial charge on any atom is 0.325 e. The van der Waals surface area contributed by atoms with E-state index in [0.717, 1.165) is 31.2 Å². The molecule has 1 aliphatic rings. The molecule has 1 saturated carbocycles. The maximum absolute atomic E-state index is 12.5. The number of hydrogen-bond acceptors (Lipinski definition) is 6. The van der Waals surface area contributed by atoms with Gasteiger partial charge in [0.25, 0.3) is 0 Å². The molecule has 0 saturated heterocycles. The van der Waals surface area contributed by atoms with Gasteiger partial charge < -0.3 is 25.4 Å². The summed E-state index contributed by atoms with van der Waals surface area (Å²) in [6.45, 7) is 1.93. The van der Waals surface area contributed by atoms with Crippen molar-refractivity contribution in [2.24, 2.45) is 0 Å². The number of amides is 2. The molecule has 0 unspecified atom stereocenters. The Kier molecular flexibility index (Phi) is 12.5. The Labute approximate surface area is 197 Å². The van der Waals surface area contributed by atoms with Crippen LogP contribution in [0.5, 0.6) is 0 Å². The van der Waals surface area contributed by atoms with Gasteiger partial charge in [-0.1, -0.05) is 56.0 Å². The third-order valence-corrected chi connectivity index (χ3v) is 5.82. The first-order valence-electron chi connectivity index (χ1n) is 12.1. The van der Waals surface area contributed by atoms with E-state index < -0.39 is 24.0 Å². The summed E-state index contributed by atoms with van der Waals surface area (Å²) in [6, 6.07) is 8.29. The number of benzene rings is 1. The summed E-state index contributed by atoms with van der Waals surface area (Å²) in [7, 11) is 1.66. The number of rotatable bonds is 11. The van der Waals surface area contributed by atoms with Crippen LogP contribution in [0.1, 0.15) is 63.9 Å². The number of carbonyl (C=O) groups excluding carboxylic acids is 3. The summed E-state index contributed by atoms with van der Waals surface area (Å²) < 4.78 is 11.2. The van der Waals surface area contributed by atoms with Crippen LogP contribution in [0.25, 0.3) is 0 Å². The molecular weight excluding hydrogens is 422 g/mol. The van der Waals surface area contributed by atoms with Crippen molar-refractivity contribution in [3.05, 3.63) is 35.9 Å². The number of ether oxygens (including phenoxy) is 2. The lowest BCUT2D eigenvalue weighted by Crippen LogP contribution is -2.53. The Morgan fingerprint density at radius 3 is 2.24 bits per heavy atom. The molecule has 1 aromatic rings. The van der Waals surface area contributed by atoms with Crippen molar-refractivity contribution in [2.45, 2.75) is 83.1 Å². The molecule has 0 aromatic heterocycles. The van der Waals surface area contributed by atoms with Gasteiger partial charge in [-0.3, -0.25) is 14.4 Å². The minimum Gasteiger partial charge on any atom is -0.461 e. The fourth-order valence-corrected chi connectivity index (χ4v) is 3.79. The van der Waals surface area contributed by atoms with Gasteiger partial charge in [0.05, 0.1) is 13.2 Å². The van der Waals surface area contributed by atoms with Crippen LogP contribution >= 0.6 is 0 Å². The summed E-state index contributed by atoms with van der Waals surface area (Å²) in [5.74, 6) is -1.22. The predicted octanol–water partition coefficient (Wildman–Crippen LogP) is 2.46. The van der Waals surface area contributed by atoms with Crippen LogP contribution in [-0.4, -0.2) is 56.2 Å². The topological polar surface area (TPSA) is 106 Å². The zero-order valence-corrected chi connectivity index (χ0v) is 19.9. The van der Waals surface area contributed by atoms with Crippen LogP contribution in [0, 0.1) is 0 Å². The molecule has 2 atom stereocenters. The Bertz CT molecular complexity index is 718. The normalized spacial score (nSPS) is 17.0. The van der Waals surface area contributed by atoms with Crippen LogP contribution in [0.2, 0.25) is 0 Å². The highest BCUT2D eigenvalue weighted by molar-refractivity contribution is 5.91. The smallest absolute Gasteiger partial charge is 0.325 e. The molecule has 1 aliphatic carbocycles. The van der Waals surface area contributed by atoms with Gasteiger partial charge in [-0.25, -0.2) is 0 Å². The molecule has 3 N–H and O–H groups in total. The van der Waals surface area contributed by atoms with Gasteiger partial charge in [-0.15, -0.1) is 0 Å². The molecule has 8 heteroatoms. The van der Waals surface area contributed by atoms with Crippen molar-refractivity contribution in [1.82, 2.24) is 16.0 Å². The van der Waals surface area contributed by atoms with Crippen molar-refractivity contribution < 1.29 is 23.9 Å². The summed E-state index contributed by atoms with van der Waals surface area (Å²) in [6.07, 6.45) is 8.65. The zero-order valence-electron chi connectivity index (χ0n) is 19.9. The van der Waals surface area contributed by atoms with Crippen molar-refractivity contribution >= 4 is 17.8 Å². The average molecular weight is 462 g/mol. The number of carbonyl (C=O) groups is 3. The Balaban J connectivity index is 1.68. The maximum atomic E-state index is 12.5. The van der Waals surface area contributed by atoms with Gasteiger partial charge in [0, 0.05) is 0 Å². The largest absolute Gasteiger partial charge is 0.461 e. The second-order valence-corrected chi connectivity index (χ2v) is 8.60. The molecule has 33 heavy (non-hydrogen) atoms. The zero-order chi connectivity index (χ0) is 23.9. The Hall–Kier alpha value is -2.45. The molecule has 0 spiro atoms. The van der Waals surface area contributed by atoms with E-state index in [1.807, 2.05) is 30.3 Å². The van der Waals surface area contributed by atoms with Crippen LogP contribution in [-0.2, 0) is 30.5 Å². The molecule has 8 nitrogen and oxygen atoms in total. The van der Waals surface area contributed by atoms with Crippen LogP contribution in [0.15, 0.2) is 30.3 Å². The molecule has 0 aliphatic heterocycles. The Morgan fingerprint density at radius 2 is 1.61 bits per heavy atom. The average Bonchev–Trinajstić information content (AvgIpc) is 2.94. The van der Waals surface area contributed by atoms with Crippen molar-refractivity contribution in [3.8, 4) is 0 Å². The SMILES string of the molecule is CN[C@H](COCc1ccccc1)C(=O)N[C@H](C)C(=O)NCC(=O)OC1CCCCCCCC1. The molecule has 0 radical (unpaired) electrons. The first-order chi connectivity index (χ1) is 16.0. The summed E-state index contributed by atoms with van der Waals surface area (Å²) in [5.41, 5.74) is 1.02. The first-order valence-corrected chi connectivity index (χ1v) is 12.1. The van der Waals surface area contributed by atoms with Gasteiger partial charge in [0.15, 0.2) is 0 Å². The van der Waals surface area contributed by atoms with E-state index in [1.54, 1.807) is 14.0 Å². The molecule has 2 rings (SSSR count). The van der Waals surface area contributed by atoms with Crippen LogP contribution in [0.4, 0.5) is 0 Å². The highest BCUT2D eigenvalue weighted by atomic mass is 16.5. The second-order valence-electron chi connectivity index (χ2n) is 8.60. The molecule has 0 bridgehead atoms. The van der Waals surface area contributed by atoms with E-state index in [9.17, 15) is 14.4 Å². The second kappa shape index (κ2) is 15.4. The van der Waals surface area contributed by atoms with Crippen molar-refractivity contribution in [3.63, 3.8) is 0 Å². The number of hydrogen-bond donors (Lipinski definition) is 3. The summed E-state index contributed by atoms with van der Waals surface area (Å²) >= 11 is 0. The van der Waals surface area contributed by atoms with E-state index in [0.29, 0.717) is 6.61 Å². The third kappa shape index (κ3) is 10.8. The molecule has 1 aromatic carbocycles. The lowest BCUT2D eigenvalue weighted by Gasteiger charge is -2.20. The standard InChI is InChI=1S/C25H39N3O5/c1-19(28-25(31)22(26-2)18-32-17-20-12-8-7-9-13-20)24(30)27-16-23(29)33-21-14-10-5-3-4-6-11-15-21/h7-9,12-13,19,21-22,26H,3-6,10-11,14-18H2,1-2H3,(H,27,30)(H,28,31)/t19-,22-/m1/s1. The van der Waals surface area contributed by atoms with Crippen LogP contribution in [0.3, 0.4) is 0 Å². The number of likely N-dealkylation sites (N-methyl/N-ethyl adjacent to an activating group) is 1. The quantitative estimate of drug-likeness (QED) is 0.437. The minimum atomic E-state index is -0.792. The molecular formula is C25H39N3O5. The van der Waals surface area contributed by atoms with Gasteiger partial charge >= 0.3 is 5.97 Å². The summed E-state index contributed by atoms with van der Waals surface area (Å²) in [5, 5.41) is 8.12. The first kappa shape index (κ1) is 26.8. The summed E-state index contributed by atoms with van der Waals surface area (Å²) in [4.78, 5) is 37.0. The molecule has 2 amide bonds. The molecule has 0 heterocycles. The van der Waals surface area contributed by atoms with Gasteiger partial charge in [-0.2, -0.15) is 0 Å². The van der Waals surface area contributed by atoms with Gasteiger partial charge in [0.1, 0.15) is 24.7 Å². The van der Waals surface area contributed by atoms with E-state index in [-0.39, 0.29) is 25.2 Å². The number of nitrogens with one attached hydrogen (secondary N) is 3. The van der Waals surface area contributed by atoms with Crippen molar-refractivity contribution in [2.75, 3.05) is 20.2 Å². The van der Waals surface area contributed by atoms with E-state index in [1.165, 1.54) is 25.7 Å². The van der Waals surface area contributed by atoms with E-state index in [4.69, 9.17) is 9.47 Å². The van der Waals surface area contributed by atoms with Gasteiger partial charge in [0.2, 0.25) is 11.8 Å².